The molecule has 0 aliphatic carbocycles. The summed E-state index contributed by atoms with van der Waals surface area (Å²) >= 11 is 6.06. The normalized spacial score (nSPS) is 15.5. The third-order valence-electron chi connectivity index (χ3n) is 4.76. The molecule has 2 aromatic rings. The molecule has 1 fully saturated rings. The highest BCUT2D eigenvalue weighted by Gasteiger charge is 2.25. The molecule has 1 aliphatic rings. The summed E-state index contributed by atoms with van der Waals surface area (Å²) in [6.07, 6.45) is 1.62. The molecule has 1 aliphatic heterocycles. The number of ketones is 1. The number of hydrogen-bond acceptors (Lipinski definition) is 4. The third kappa shape index (κ3) is 4.70. The van der Waals surface area contributed by atoms with Crippen LogP contribution in [0.3, 0.4) is 0 Å². The number of halogens is 2. The number of rotatable bonds is 5. The highest BCUT2D eigenvalue weighted by atomic mass is 35.5. The summed E-state index contributed by atoms with van der Waals surface area (Å²) in [5.41, 5.74) is 0.976. The molecule has 1 amide bonds. The number of hydrogen-bond donors (Lipinski definition) is 1. The first-order chi connectivity index (χ1) is 13.0. The fourth-order valence-corrected chi connectivity index (χ4v) is 3.42. The van der Waals surface area contributed by atoms with Gasteiger partial charge in [-0.25, -0.2) is 9.37 Å². The van der Waals surface area contributed by atoms with E-state index in [1.165, 1.54) is 18.2 Å². The molecule has 0 atom stereocenters. The molecule has 1 aromatic heterocycles. The van der Waals surface area contributed by atoms with Crippen LogP contribution in [0.5, 0.6) is 0 Å². The van der Waals surface area contributed by atoms with E-state index < -0.39 is 12.6 Å². The Kier molecular flexibility index (Phi) is 6.19. The van der Waals surface area contributed by atoms with E-state index in [1.54, 1.807) is 18.2 Å². The number of nitrogens with zero attached hydrogens (tertiary/aromatic N) is 2. The van der Waals surface area contributed by atoms with E-state index in [0.717, 1.165) is 25.9 Å². The summed E-state index contributed by atoms with van der Waals surface area (Å²) in [7, 11) is 2.04. The lowest BCUT2D eigenvalue weighted by Gasteiger charge is -2.27. The quantitative estimate of drug-likeness (QED) is 0.785. The van der Waals surface area contributed by atoms with Gasteiger partial charge < -0.3 is 10.2 Å². The fraction of sp³-hybridized carbons (Fsp3) is 0.350. The summed E-state index contributed by atoms with van der Waals surface area (Å²) in [6, 6.07) is 9.38. The molecular formula is C20H21ClFN3O2. The molecule has 0 bridgehead atoms. The van der Waals surface area contributed by atoms with Gasteiger partial charge in [0.1, 0.15) is 18.2 Å². The number of nitrogens with one attached hydrogen (secondary N) is 1. The Balaban J connectivity index is 1.72. The maximum absolute atomic E-state index is 12.7. The molecular weight excluding hydrogens is 369 g/mol. The zero-order valence-corrected chi connectivity index (χ0v) is 15.8. The number of alkyl halides is 1. The number of Topliss-reactive ketones (excluding diaryl/α,β-unsaturated/α-hetero) is 1. The van der Waals surface area contributed by atoms with Crippen LogP contribution in [0.4, 0.5) is 10.2 Å². The van der Waals surface area contributed by atoms with Crippen LogP contribution in [0.25, 0.3) is 0 Å². The van der Waals surface area contributed by atoms with Crippen LogP contribution in [0.2, 0.25) is 5.02 Å². The van der Waals surface area contributed by atoms with Crippen molar-refractivity contribution in [2.45, 2.75) is 19.5 Å². The highest BCUT2D eigenvalue weighted by Crippen LogP contribution is 2.22. The van der Waals surface area contributed by atoms with E-state index in [1.807, 2.05) is 7.05 Å². The van der Waals surface area contributed by atoms with Crippen molar-refractivity contribution >= 4 is 29.1 Å². The molecule has 27 heavy (non-hydrogen) atoms. The zero-order valence-electron chi connectivity index (χ0n) is 15.0. The minimum absolute atomic E-state index is 0.00419. The molecule has 1 N–H and O–H groups in total. The number of amides is 1. The second-order valence-corrected chi connectivity index (χ2v) is 7.16. The number of carbonyl (C=O) groups excluding carboxylic acids is 2. The minimum Gasteiger partial charge on any atom is -0.306 e. The molecule has 7 heteroatoms. The van der Waals surface area contributed by atoms with E-state index in [2.05, 4.69) is 15.2 Å². The summed E-state index contributed by atoms with van der Waals surface area (Å²) < 4.78 is 12.7. The molecule has 0 radical (unpaired) electrons. The van der Waals surface area contributed by atoms with Crippen molar-refractivity contribution in [3.05, 3.63) is 58.2 Å². The molecule has 3 rings (SSSR count). The monoisotopic (exact) mass is 389 g/mol. The van der Waals surface area contributed by atoms with Crippen LogP contribution >= 0.6 is 11.6 Å². The van der Waals surface area contributed by atoms with Gasteiger partial charge in [0.15, 0.2) is 5.78 Å². The first-order valence-electron chi connectivity index (χ1n) is 8.83. The van der Waals surface area contributed by atoms with Crippen molar-refractivity contribution in [1.82, 2.24) is 9.88 Å². The van der Waals surface area contributed by atoms with Crippen molar-refractivity contribution < 1.29 is 14.0 Å². The van der Waals surface area contributed by atoms with E-state index >= 15 is 0 Å². The Morgan fingerprint density at radius 2 is 2.00 bits per heavy atom. The maximum Gasteiger partial charge on any atom is 0.258 e. The van der Waals surface area contributed by atoms with Crippen molar-refractivity contribution in [3.63, 3.8) is 0 Å². The van der Waals surface area contributed by atoms with Crippen LogP contribution < -0.4 is 5.32 Å². The highest BCUT2D eigenvalue weighted by molar-refractivity contribution is 6.34. The van der Waals surface area contributed by atoms with Crippen molar-refractivity contribution in [1.29, 1.82) is 0 Å². The van der Waals surface area contributed by atoms with Gasteiger partial charge in [-0.15, -0.1) is 0 Å². The summed E-state index contributed by atoms with van der Waals surface area (Å²) in [5.74, 6) is -0.210. The molecule has 1 saturated heterocycles. The van der Waals surface area contributed by atoms with Gasteiger partial charge in [-0.3, -0.25) is 9.59 Å². The first kappa shape index (κ1) is 19.5. The second kappa shape index (κ2) is 8.59. The number of pyridine rings is 1. The fourth-order valence-electron chi connectivity index (χ4n) is 3.13. The van der Waals surface area contributed by atoms with E-state index in [4.69, 9.17) is 11.6 Å². The van der Waals surface area contributed by atoms with Crippen LogP contribution in [-0.2, 0) is 6.67 Å². The molecule has 5 nitrogen and oxygen atoms in total. The number of likely N-dealkylation sites (tertiary alicyclic amines) is 1. The Labute approximate surface area is 162 Å². The van der Waals surface area contributed by atoms with Gasteiger partial charge >= 0.3 is 0 Å². The molecule has 0 saturated carbocycles. The topological polar surface area (TPSA) is 62.3 Å². The smallest absolute Gasteiger partial charge is 0.258 e. The Morgan fingerprint density at radius 1 is 1.26 bits per heavy atom. The molecule has 0 spiro atoms. The average Bonchev–Trinajstić information content (AvgIpc) is 2.68. The SMILES string of the molecule is CN1CCC(C(=O)c2cccc(NC(=O)c3ccc(CF)cc3Cl)n2)CC1. The van der Waals surface area contributed by atoms with Gasteiger partial charge in [0.2, 0.25) is 0 Å². The molecule has 142 valence electrons. The van der Waals surface area contributed by atoms with Gasteiger partial charge in [0, 0.05) is 5.92 Å². The first-order valence-corrected chi connectivity index (χ1v) is 9.21. The summed E-state index contributed by atoms with van der Waals surface area (Å²) in [4.78, 5) is 31.6. The lowest BCUT2D eigenvalue weighted by molar-refractivity contribution is 0.0851. The molecule has 2 heterocycles. The van der Waals surface area contributed by atoms with Gasteiger partial charge in [-0.1, -0.05) is 23.7 Å². The largest absolute Gasteiger partial charge is 0.306 e. The Hall–Kier alpha value is -2.31. The average molecular weight is 390 g/mol. The van der Waals surface area contributed by atoms with E-state index in [-0.39, 0.29) is 28.1 Å². The van der Waals surface area contributed by atoms with Gasteiger partial charge in [0.25, 0.3) is 5.91 Å². The summed E-state index contributed by atoms with van der Waals surface area (Å²) in [6.45, 7) is 1.13. The van der Waals surface area contributed by atoms with Crippen LogP contribution in [-0.4, -0.2) is 41.7 Å². The number of piperidine rings is 1. The maximum atomic E-state index is 12.7. The van der Waals surface area contributed by atoms with Crippen molar-refractivity contribution in [3.8, 4) is 0 Å². The Morgan fingerprint density at radius 3 is 2.67 bits per heavy atom. The van der Waals surface area contributed by atoms with Crippen LogP contribution in [0.15, 0.2) is 36.4 Å². The summed E-state index contributed by atoms with van der Waals surface area (Å²) in [5, 5.41) is 2.82. The molecule has 1 aromatic carbocycles. The minimum atomic E-state index is -0.649. The van der Waals surface area contributed by atoms with Gasteiger partial charge in [-0.2, -0.15) is 0 Å². The van der Waals surface area contributed by atoms with Crippen molar-refractivity contribution in [2.75, 3.05) is 25.5 Å². The molecule has 0 unspecified atom stereocenters. The predicted octanol–water partition coefficient (Wildman–Crippen LogP) is 3.98. The van der Waals surface area contributed by atoms with Crippen LogP contribution in [0, 0.1) is 5.92 Å². The number of aromatic nitrogens is 1. The lowest BCUT2D eigenvalue weighted by atomic mass is 9.91. The Bertz CT molecular complexity index is 851. The van der Waals surface area contributed by atoms with Crippen LogP contribution in [0.1, 0.15) is 39.3 Å². The van der Waals surface area contributed by atoms with E-state index in [9.17, 15) is 14.0 Å². The number of anilines is 1. The van der Waals surface area contributed by atoms with Gasteiger partial charge in [-0.05, 0) is 62.8 Å². The third-order valence-corrected chi connectivity index (χ3v) is 5.08. The predicted molar refractivity (Wildman–Crippen MR) is 103 cm³/mol. The van der Waals surface area contributed by atoms with Crippen molar-refractivity contribution in [2.24, 2.45) is 5.92 Å². The number of carbonyl (C=O) groups is 2. The van der Waals surface area contributed by atoms with Gasteiger partial charge in [0.05, 0.1) is 10.6 Å². The number of benzene rings is 1. The lowest BCUT2D eigenvalue weighted by Crippen LogP contribution is -2.33. The second-order valence-electron chi connectivity index (χ2n) is 6.75. The van der Waals surface area contributed by atoms with E-state index in [0.29, 0.717) is 11.3 Å². The standard InChI is InChI=1S/C20H21ClFN3O2/c1-25-9-7-14(8-10-25)19(26)17-3-2-4-18(23-17)24-20(27)15-6-5-13(12-22)11-16(15)21/h2-6,11,14H,7-10,12H2,1H3,(H,23,24,27). The zero-order chi connectivity index (χ0) is 19.4.